The lowest BCUT2D eigenvalue weighted by molar-refractivity contribution is -0.115. The normalized spacial score (nSPS) is 24.3. The molecule has 1 unspecified atom stereocenters. The number of aldehydes is 1. The van der Waals surface area contributed by atoms with Crippen LogP contribution < -0.4 is 0 Å². The highest BCUT2D eigenvalue weighted by atomic mass is 32.2. The Kier molecular flexibility index (Phi) is 4.42. The first-order chi connectivity index (χ1) is 7.26. The lowest BCUT2D eigenvalue weighted by Crippen LogP contribution is -2.50. The monoisotopic (exact) mass is 265 g/mol. The van der Waals surface area contributed by atoms with E-state index < -0.39 is 20.6 Å². The molecule has 0 spiro atoms. The minimum Gasteiger partial charge on any atom is -0.303 e. The molecule has 6 heteroatoms. The van der Waals surface area contributed by atoms with Gasteiger partial charge in [-0.2, -0.15) is 11.8 Å². The predicted octanol–water partition coefficient (Wildman–Crippen LogP) is 0.631. The van der Waals surface area contributed by atoms with Crippen molar-refractivity contribution in [2.24, 2.45) is 5.41 Å². The molecule has 0 aromatic heterocycles. The zero-order chi connectivity index (χ0) is 12.4. The average Bonchev–Trinajstić information content (AvgIpc) is 2.16. The zero-order valence-corrected chi connectivity index (χ0v) is 11.6. The highest BCUT2D eigenvalue weighted by Crippen LogP contribution is 2.24. The summed E-state index contributed by atoms with van der Waals surface area (Å²) < 4.78 is 23.3. The maximum absolute atomic E-state index is 11.6. The quantitative estimate of drug-likeness (QED) is 0.698. The predicted molar refractivity (Wildman–Crippen MR) is 67.4 cm³/mol. The second-order valence-corrected chi connectivity index (χ2v) is 8.29. The molecule has 1 heterocycles. The second kappa shape index (κ2) is 5.06. The Morgan fingerprint density at radius 3 is 2.62 bits per heavy atom. The van der Waals surface area contributed by atoms with Crippen molar-refractivity contribution in [2.45, 2.75) is 19.2 Å². The first-order valence-electron chi connectivity index (χ1n) is 5.23. The number of thioether (sulfide) groups is 1. The molecule has 1 atom stereocenters. The lowest BCUT2D eigenvalue weighted by Gasteiger charge is -2.37. The fourth-order valence-corrected chi connectivity index (χ4v) is 4.69. The van der Waals surface area contributed by atoms with E-state index in [1.807, 2.05) is 18.7 Å². The number of carbonyl (C=O) groups excluding carboxylic acids is 1. The molecule has 0 radical (unpaired) electrons. The first-order valence-corrected chi connectivity index (χ1v) is 8.34. The third kappa shape index (κ3) is 3.75. The smallest absolute Gasteiger partial charge is 0.164 e. The Bertz CT molecular complexity index is 351. The van der Waals surface area contributed by atoms with Crippen molar-refractivity contribution >= 4 is 27.9 Å². The molecule has 1 fully saturated rings. The molecule has 1 saturated heterocycles. The van der Waals surface area contributed by atoms with Crippen LogP contribution in [-0.4, -0.2) is 55.8 Å². The summed E-state index contributed by atoms with van der Waals surface area (Å²) in [6, 6.07) is 0. The van der Waals surface area contributed by atoms with E-state index in [9.17, 15) is 13.2 Å². The highest BCUT2D eigenvalue weighted by molar-refractivity contribution is 8.00. The third-order valence-electron chi connectivity index (χ3n) is 2.61. The molecular weight excluding hydrogens is 246 g/mol. The Morgan fingerprint density at radius 1 is 1.50 bits per heavy atom. The van der Waals surface area contributed by atoms with Crippen molar-refractivity contribution in [1.82, 2.24) is 4.90 Å². The molecule has 4 nitrogen and oxygen atoms in total. The van der Waals surface area contributed by atoms with Gasteiger partial charge < -0.3 is 4.79 Å². The van der Waals surface area contributed by atoms with Gasteiger partial charge in [0.25, 0.3) is 0 Å². The molecule has 0 aliphatic carbocycles. The summed E-state index contributed by atoms with van der Waals surface area (Å²) in [6.07, 6.45) is 2.17. The van der Waals surface area contributed by atoms with E-state index in [4.69, 9.17) is 0 Å². The number of nitrogens with zero attached hydrogens (tertiary/aromatic N) is 1. The van der Waals surface area contributed by atoms with Crippen molar-refractivity contribution in [3.8, 4) is 0 Å². The lowest BCUT2D eigenvalue weighted by atomic mass is 9.95. The van der Waals surface area contributed by atoms with E-state index in [2.05, 4.69) is 0 Å². The van der Waals surface area contributed by atoms with Crippen molar-refractivity contribution in [3.05, 3.63) is 0 Å². The largest absolute Gasteiger partial charge is 0.303 e. The Morgan fingerprint density at radius 2 is 2.12 bits per heavy atom. The van der Waals surface area contributed by atoms with Gasteiger partial charge in [0.15, 0.2) is 9.84 Å². The fourth-order valence-electron chi connectivity index (χ4n) is 1.75. The number of carbonyl (C=O) groups is 1. The third-order valence-corrected chi connectivity index (χ3v) is 5.30. The minimum atomic E-state index is -3.07. The maximum Gasteiger partial charge on any atom is 0.164 e. The molecule has 16 heavy (non-hydrogen) atoms. The van der Waals surface area contributed by atoms with Gasteiger partial charge in [-0.1, -0.05) is 13.8 Å². The zero-order valence-electron chi connectivity index (χ0n) is 9.97. The van der Waals surface area contributed by atoms with Crippen LogP contribution in [0.1, 0.15) is 13.8 Å². The van der Waals surface area contributed by atoms with E-state index in [1.165, 1.54) is 6.26 Å². The minimum absolute atomic E-state index is 0.439. The molecule has 94 valence electrons. The fraction of sp³-hybridized carbons (Fsp3) is 0.900. The van der Waals surface area contributed by atoms with Gasteiger partial charge in [0, 0.05) is 36.3 Å². The van der Waals surface area contributed by atoms with Gasteiger partial charge in [-0.05, 0) is 0 Å². The van der Waals surface area contributed by atoms with Gasteiger partial charge in [-0.25, -0.2) is 8.42 Å². The van der Waals surface area contributed by atoms with Crippen LogP contribution in [0.25, 0.3) is 0 Å². The molecule has 0 aromatic carbocycles. The van der Waals surface area contributed by atoms with Crippen molar-refractivity contribution in [3.63, 3.8) is 0 Å². The van der Waals surface area contributed by atoms with E-state index in [0.717, 1.165) is 18.6 Å². The van der Waals surface area contributed by atoms with Gasteiger partial charge in [-0.3, -0.25) is 4.90 Å². The van der Waals surface area contributed by atoms with Gasteiger partial charge in [0.1, 0.15) is 11.7 Å². The number of hydrogen-bond donors (Lipinski definition) is 0. The van der Waals surface area contributed by atoms with Crippen molar-refractivity contribution in [1.29, 1.82) is 0 Å². The van der Waals surface area contributed by atoms with Crippen molar-refractivity contribution in [2.75, 3.05) is 30.9 Å². The molecule has 0 saturated carbocycles. The Labute approximate surface area is 102 Å². The standard InChI is InChI=1S/C10H19NO3S2/c1-10(2,8-12)7-11-4-5-15-6-9(11)16(3,13)14/h8-9H,4-7H2,1-3H3. The molecule has 0 N–H and O–H groups in total. The summed E-state index contributed by atoms with van der Waals surface area (Å²) in [4.78, 5) is 12.8. The van der Waals surface area contributed by atoms with Crippen LogP contribution in [0.2, 0.25) is 0 Å². The van der Waals surface area contributed by atoms with Crippen LogP contribution in [0.15, 0.2) is 0 Å². The van der Waals surface area contributed by atoms with Crippen LogP contribution in [0, 0.1) is 5.41 Å². The Hall–Kier alpha value is -0.0700. The summed E-state index contributed by atoms with van der Waals surface area (Å²) >= 11 is 1.66. The average molecular weight is 265 g/mol. The van der Waals surface area contributed by atoms with Gasteiger partial charge in [-0.15, -0.1) is 0 Å². The molecule has 0 aromatic rings. The van der Waals surface area contributed by atoms with Crippen LogP contribution in [0.3, 0.4) is 0 Å². The second-order valence-electron chi connectivity index (χ2n) is 4.94. The van der Waals surface area contributed by atoms with Crippen LogP contribution in [-0.2, 0) is 14.6 Å². The highest BCUT2D eigenvalue weighted by Gasteiger charge is 2.34. The molecule has 0 amide bonds. The first kappa shape index (κ1) is 14.0. The van der Waals surface area contributed by atoms with Gasteiger partial charge in [0.2, 0.25) is 0 Å². The summed E-state index contributed by atoms with van der Waals surface area (Å²) in [5.74, 6) is 1.54. The summed E-state index contributed by atoms with van der Waals surface area (Å²) in [5, 5.41) is -0.439. The SMILES string of the molecule is CC(C)(C=O)CN1CCSCC1S(C)(=O)=O. The molecule has 0 bridgehead atoms. The van der Waals surface area contributed by atoms with Crippen molar-refractivity contribution < 1.29 is 13.2 Å². The number of sulfone groups is 1. The number of rotatable bonds is 4. The van der Waals surface area contributed by atoms with Gasteiger partial charge >= 0.3 is 0 Å². The topological polar surface area (TPSA) is 54.5 Å². The van der Waals surface area contributed by atoms with Crippen LogP contribution in [0.4, 0.5) is 0 Å². The molecule has 1 rings (SSSR count). The summed E-state index contributed by atoms with van der Waals surface area (Å²) in [5.41, 5.74) is -0.481. The van der Waals surface area contributed by atoms with E-state index in [-0.39, 0.29) is 0 Å². The summed E-state index contributed by atoms with van der Waals surface area (Å²) in [6.45, 7) is 4.91. The van der Waals surface area contributed by atoms with Gasteiger partial charge in [0.05, 0.1) is 0 Å². The van der Waals surface area contributed by atoms with Crippen LogP contribution >= 0.6 is 11.8 Å². The number of hydrogen-bond acceptors (Lipinski definition) is 5. The van der Waals surface area contributed by atoms with E-state index in [1.54, 1.807) is 11.8 Å². The van der Waals surface area contributed by atoms with Crippen LogP contribution in [0.5, 0.6) is 0 Å². The Balaban J connectivity index is 2.80. The molecule has 1 aliphatic heterocycles. The molecular formula is C10H19NO3S2. The molecule has 1 aliphatic rings. The van der Waals surface area contributed by atoms with E-state index >= 15 is 0 Å². The maximum atomic E-state index is 11.6. The van der Waals surface area contributed by atoms with E-state index in [0.29, 0.717) is 12.3 Å². The summed E-state index contributed by atoms with van der Waals surface area (Å²) in [7, 11) is -3.07.